The van der Waals surface area contributed by atoms with E-state index < -0.39 is 78.5 Å². The molecule has 13 nitrogen and oxygen atoms in total. The molecule has 0 bridgehead atoms. The van der Waals surface area contributed by atoms with Crippen molar-refractivity contribution in [1.29, 1.82) is 0 Å². The van der Waals surface area contributed by atoms with Crippen molar-refractivity contribution in [2.75, 3.05) is 13.2 Å². The summed E-state index contributed by atoms with van der Waals surface area (Å²) in [5, 5.41) is 54.7. The Labute approximate surface area is 319 Å². The molecule has 0 radical (unpaired) electrons. The second-order valence-corrected chi connectivity index (χ2v) is 15.4. The third kappa shape index (κ3) is 23.9. The first-order valence-electron chi connectivity index (χ1n) is 20.3. The van der Waals surface area contributed by atoms with E-state index in [4.69, 9.17) is 14.0 Å². The molecule has 1 heterocycles. The molecule has 312 valence electrons. The van der Waals surface area contributed by atoms with Gasteiger partial charge in [0.15, 0.2) is 6.29 Å². The first-order valence-corrected chi connectivity index (χ1v) is 21.7. The summed E-state index contributed by atoms with van der Waals surface area (Å²) in [5.74, 6) is -0.716. The van der Waals surface area contributed by atoms with Gasteiger partial charge in [-0.25, -0.2) is 4.18 Å². The van der Waals surface area contributed by atoms with E-state index in [9.17, 15) is 38.7 Å². The summed E-state index contributed by atoms with van der Waals surface area (Å²) < 4.78 is 47.2. The highest BCUT2D eigenvalue weighted by Gasteiger charge is 2.48. The van der Waals surface area contributed by atoms with Crippen LogP contribution in [0.15, 0.2) is 24.3 Å². The molecule has 8 atom stereocenters. The van der Waals surface area contributed by atoms with E-state index >= 15 is 0 Å². The molecule has 0 spiro atoms. The summed E-state index contributed by atoms with van der Waals surface area (Å²) in [5.41, 5.74) is 0. The van der Waals surface area contributed by atoms with E-state index in [1.807, 2.05) is 0 Å². The summed E-state index contributed by atoms with van der Waals surface area (Å²) in [6.07, 6.45) is 20.2. The highest BCUT2D eigenvalue weighted by atomic mass is 32.3. The SMILES string of the molecule is CCCCCCC/C=C/C(O)C(COC1OC(CO)C(O)C(OS(=O)(=O)O)C1O)NC(=O)C(O)CCCCCC/C=C\CCCCCCCCCCC. The maximum atomic E-state index is 13.0. The quantitative estimate of drug-likeness (QED) is 0.0248. The maximum Gasteiger partial charge on any atom is 0.397 e. The van der Waals surface area contributed by atoms with Crippen LogP contribution >= 0.6 is 0 Å². The van der Waals surface area contributed by atoms with E-state index in [0.29, 0.717) is 12.8 Å². The van der Waals surface area contributed by atoms with Crippen molar-refractivity contribution in [2.45, 2.75) is 204 Å². The molecule has 0 saturated carbocycles. The van der Waals surface area contributed by atoms with Gasteiger partial charge in [-0.2, -0.15) is 8.42 Å². The summed E-state index contributed by atoms with van der Waals surface area (Å²) in [7, 11) is -5.11. The number of unbranched alkanes of at least 4 members (excludes halogenated alkanes) is 18. The molecule has 1 amide bonds. The number of allylic oxidation sites excluding steroid dienone is 3. The topological polar surface area (TPSA) is 212 Å². The van der Waals surface area contributed by atoms with Gasteiger partial charge in [-0.05, 0) is 44.9 Å². The fourth-order valence-corrected chi connectivity index (χ4v) is 6.79. The molecule has 7 N–H and O–H groups in total. The molecule has 0 aromatic carbocycles. The zero-order valence-corrected chi connectivity index (χ0v) is 33.3. The zero-order chi connectivity index (χ0) is 39.3. The number of aliphatic hydroxyl groups is 5. The fourth-order valence-electron chi connectivity index (χ4n) is 6.28. The molecule has 1 rings (SSSR count). The molecular formula is C39H73NO12S. The first-order chi connectivity index (χ1) is 25.4. The first kappa shape index (κ1) is 49.6. The monoisotopic (exact) mass is 779 g/mol. The van der Waals surface area contributed by atoms with Crippen molar-refractivity contribution in [3.05, 3.63) is 24.3 Å². The van der Waals surface area contributed by atoms with Crippen molar-refractivity contribution in [2.24, 2.45) is 0 Å². The second kappa shape index (κ2) is 30.7. The van der Waals surface area contributed by atoms with E-state index in [1.54, 1.807) is 6.08 Å². The maximum absolute atomic E-state index is 13.0. The molecule has 1 aliphatic heterocycles. The predicted molar refractivity (Wildman–Crippen MR) is 205 cm³/mol. The van der Waals surface area contributed by atoms with Gasteiger partial charge in [0.2, 0.25) is 5.91 Å². The fraction of sp³-hybridized carbons (Fsp3) is 0.872. The van der Waals surface area contributed by atoms with Crippen LogP contribution in [0.5, 0.6) is 0 Å². The lowest BCUT2D eigenvalue weighted by Gasteiger charge is -2.41. The van der Waals surface area contributed by atoms with Gasteiger partial charge in [-0.3, -0.25) is 9.35 Å². The number of ether oxygens (including phenoxy) is 2. The van der Waals surface area contributed by atoms with E-state index in [1.165, 1.54) is 63.9 Å². The summed E-state index contributed by atoms with van der Waals surface area (Å²) in [6.45, 7) is 3.11. The molecule has 0 aliphatic carbocycles. The minimum absolute atomic E-state index is 0.229. The molecule has 8 unspecified atom stereocenters. The van der Waals surface area contributed by atoms with Crippen LogP contribution in [0.1, 0.15) is 155 Å². The van der Waals surface area contributed by atoms with Crippen LogP contribution in [0.25, 0.3) is 0 Å². The van der Waals surface area contributed by atoms with Gasteiger partial charge in [-0.1, -0.05) is 134 Å². The van der Waals surface area contributed by atoms with Crippen LogP contribution in [-0.2, 0) is 28.9 Å². The van der Waals surface area contributed by atoms with Crippen LogP contribution < -0.4 is 5.32 Å². The predicted octanol–water partition coefficient (Wildman–Crippen LogP) is 5.57. The van der Waals surface area contributed by atoms with E-state index in [0.717, 1.165) is 64.2 Å². The average molecular weight is 780 g/mol. The third-order valence-corrected chi connectivity index (χ3v) is 10.0. The Hall–Kier alpha value is -1.46. The Morgan fingerprint density at radius 2 is 1.25 bits per heavy atom. The van der Waals surface area contributed by atoms with Crippen molar-refractivity contribution in [1.82, 2.24) is 5.32 Å². The minimum Gasteiger partial charge on any atom is -0.394 e. The lowest BCUT2D eigenvalue weighted by atomic mass is 9.99. The van der Waals surface area contributed by atoms with Crippen LogP contribution in [0.4, 0.5) is 0 Å². The normalized spacial score (nSPS) is 22.8. The van der Waals surface area contributed by atoms with E-state index in [-0.39, 0.29) is 6.42 Å². The van der Waals surface area contributed by atoms with Crippen molar-refractivity contribution < 1.29 is 57.0 Å². The van der Waals surface area contributed by atoms with Crippen LogP contribution in [0, 0.1) is 0 Å². The summed E-state index contributed by atoms with van der Waals surface area (Å²) >= 11 is 0. The van der Waals surface area contributed by atoms with Crippen LogP contribution in [-0.4, -0.2) is 107 Å². The van der Waals surface area contributed by atoms with Crippen molar-refractivity contribution in [3.8, 4) is 0 Å². The lowest BCUT2D eigenvalue weighted by molar-refractivity contribution is -0.298. The number of hydrogen-bond donors (Lipinski definition) is 7. The highest BCUT2D eigenvalue weighted by molar-refractivity contribution is 7.80. The summed E-state index contributed by atoms with van der Waals surface area (Å²) in [6, 6.07) is -1.12. The van der Waals surface area contributed by atoms with Gasteiger partial charge in [0, 0.05) is 0 Å². The number of nitrogens with one attached hydrogen (secondary N) is 1. The van der Waals surface area contributed by atoms with Crippen LogP contribution in [0.3, 0.4) is 0 Å². The largest absolute Gasteiger partial charge is 0.397 e. The molecule has 1 aliphatic rings. The van der Waals surface area contributed by atoms with Crippen molar-refractivity contribution in [3.63, 3.8) is 0 Å². The second-order valence-electron chi connectivity index (χ2n) is 14.4. The number of aliphatic hydroxyl groups excluding tert-OH is 5. The molecule has 0 aromatic rings. The number of hydrogen-bond acceptors (Lipinski definition) is 11. The van der Waals surface area contributed by atoms with Gasteiger partial charge in [-0.15, -0.1) is 0 Å². The lowest BCUT2D eigenvalue weighted by Crippen LogP contribution is -2.61. The number of carbonyl (C=O) groups excluding carboxylic acids is 1. The summed E-state index contributed by atoms with van der Waals surface area (Å²) in [4.78, 5) is 13.0. The third-order valence-electron chi connectivity index (χ3n) is 9.58. The Bertz CT molecular complexity index is 1070. The smallest absolute Gasteiger partial charge is 0.394 e. The Morgan fingerprint density at radius 3 is 1.75 bits per heavy atom. The van der Waals surface area contributed by atoms with E-state index in [2.05, 4.69) is 35.5 Å². The Kier molecular flexibility index (Phi) is 28.7. The average Bonchev–Trinajstić information content (AvgIpc) is 3.12. The van der Waals surface area contributed by atoms with Gasteiger partial charge in [0.1, 0.15) is 30.5 Å². The molecule has 1 saturated heterocycles. The van der Waals surface area contributed by atoms with Gasteiger partial charge in [0.25, 0.3) is 0 Å². The Balaban J connectivity index is 2.57. The molecule has 0 aromatic heterocycles. The Morgan fingerprint density at radius 1 is 0.755 bits per heavy atom. The molecular weight excluding hydrogens is 706 g/mol. The van der Waals surface area contributed by atoms with Gasteiger partial charge < -0.3 is 40.3 Å². The number of rotatable bonds is 33. The molecule has 14 heteroatoms. The zero-order valence-electron chi connectivity index (χ0n) is 32.4. The molecule has 53 heavy (non-hydrogen) atoms. The minimum atomic E-state index is -5.11. The highest BCUT2D eigenvalue weighted by Crippen LogP contribution is 2.26. The number of amides is 1. The molecule has 1 fully saturated rings. The van der Waals surface area contributed by atoms with Crippen molar-refractivity contribution >= 4 is 16.3 Å². The van der Waals surface area contributed by atoms with Gasteiger partial charge >= 0.3 is 10.4 Å². The van der Waals surface area contributed by atoms with Gasteiger partial charge in [0.05, 0.1) is 25.4 Å². The number of carbonyl (C=O) groups is 1. The van der Waals surface area contributed by atoms with Crippen LogP contribution in [0.2, 0.25) is 0 Å². The standard InChI is InChI=1S/C39H73NO12S/c1-3-5-7-9-11-12-13-14-15-16-17-18-19-20-22-24-26-28-33(43)38(46)40-31(32(42)27-25-23-21-10-8-6-4-2)30-50-39-36(45)37(52-53(47,48)49)35(44)34(29-41)51-39/h17-18,25,27,31-37,39,41-45H,3-16,19-24,26,28-30H2,1-2H3,(H,40,46)(H,47,48,49)/b18-17-,27-25+.